The molecule has 1 rings (SSSR count). The fraction of sp³-hybridized carbons (Fsp3) is 0.850. The standard InChI is InChI=1S/C20H39N5O3.HI/c1-8-21-17(23-14-16(26)24-19(2,3)4)22-13-15-9-11-25(12-10-15)18(27)28-20(5,6)7;/h15H,8-14H2,1-7H3,(H,24,26)(H2,21,22,23);1H. The van der Waals surface area contributed by atoms with Crippen molar-refractivity contribution in [2.75, 3.05) is 32.7 Å². The summed E-state index contributed by atoms with van der Waals surface area (Å²) in [4.78, 5) is 30.2. The summed E-state index contributed by atoms with van der Waals surface area (Å²) in [6.07, 6.45) is 1.59. The average Bonchev–Trinajstić information content (AvgIpc) is 2.54. The predicted molar refractivity (Wildman–Crippen MR) is 128 cm³/mol. The van der Waals surface area contributed by atoms with E-state index in [1.54, 1.807) is 4.90 Å². The van der Waals surface area contributed by atoms with E-state index < -0.39 is 5.60 Å². The molecule has 1 saturated heterocycles. The number of hydrogen-bond donors (Lipinski definition) is 3. The number of carbonyl (C=O) groups is 2. The van der Waals surface area contributed by atoms with Gasteiger partial charge in [0.2, 0.25) is 5.91 Å². The minimum absolute atomic E-state index is 0. The van der Waals surface area contributed by atoms with Gasteiger partial charge in [-0.15, -0.1) is 24.0 Å². The molecule has 0 spiro atoms. The minimum Gasteiger partial charge on any atom is -0.444 e. The van der Waals surface area contributed by atoms with Crippen molar-refractivity contribution >= 4 is 41.9 Å². The number of piperidine rings is 1. The SMILES string of the molecule is CCNC(=NCC(=O)NC(C)(C)C)NCC1CCN(C(=O)OC(C)(C)C)CC1.I. The zero-order chi connectivity index (χ0) is 21.4. The van der Waals surface area contributed by atoms with Gasteiger partial charge in [0.05, 0.1) is 0 Å². The maximum absolute atomic E-state index is 12.1. The molecule has 9 heteroatoms. The van der Waals surface area contributed by atoms with Crippen LogP contribution < -0.4 is 16.0 Å². The molecule has 170 valence electrons. The van der Waals surface area contributed by atoms with E-state index in [4.69, 9.17) is 4.74 Å². The highest BCUT2D eigenvalue weighted by Crippen LogP contribution is 2.19. The van der Waals surface area contributed by atoms with Gasteiger partial charge < -0.3 is 25.6 Å². The number of aliphatic imine (C=N–C) groups is 1. The lowest BCUT2D eigenvalue weighted by molar-refractivity contribution is -0.121. The van der Waals surface area contributed by atoms with Crippen molar-refractivity contribution in [1.82, 2.24) is 20.9 Å². The van der Waals surface area contributed by atoms with Crippen molar-refractivity contribution in [2.45, 2.75) is 72.4 Å². The van der Waals surface area contributed by atoms with Crippen LogP contribution in [0.3, 0.4) is 0 Å². The monoisotopic (exact) mass is 525 g/mol. The summed E-state index contributed by atoms with van der Waals surface area (Å²) < 4.78 is 5.44. The van der Waals surface area contributed by atoms with Gasteiger partial charge in [0, 0.05) is 31.7 Å². The summed E-state index contributed by atoms with van der Waals surface area (Å²) in [5.74, 6) is 0.988. The minimum atomic E-state index is -0.466. The van der Waals surface area contributed by atoms with Crippen molar-refractivity contribution < 1.29 is 14.3 Å². The molecule has 1 fully saturated rings. The first-order valence-corrected chi connectivity index (χ1v) is 10.2. The van der Waals surface area contributed by atoms with Gasteiger partial charge in [-0.3, -0.25) is 4.79 Å². The zero-order valence-electron chi connectivity index (χ0n) is 19.1. The number of hydrogen-bond acceptors (Lipinski definition) is 4. The van der Waals surface area contributed by atoms with E-state index in [2.05, 4.69) is 20.9 Å². The first kappa shape index (κ1) is 27.7. The van der Waals surface area contributed by atoms with Gasteiger partial charge in [0.15, 0.2) is 5.96 Å². The summed E-state index contributed by atoms with van der Waals surface area (Å²) in [6, 6.07) is 0. The number of carbonyl (C=O) groups excluding carboxylic acids is 2. The van der Waals surface area contributed by atoms with Crippen molar-refractivity contribution in [2.24, 2.45) is 10.9 Å². The fourth-order valence-corrected chi connectivity index (χ4v) is 2.84. The lowest BCUT2D eigenvalue weighted by atomic mass is 9.97. The van der Waals surface area contributed by atoms with Crippen LogP contribution in [0, 0.1) is 5.92 Å². The zero-order valence-corrected chi connectivity index (χ0v) is 21.4. The fourth-order valence-electron chi connectivity index (χ4n) is 2.84. The molecule has 0 atom stereocenters. The highest BCUT2D eigenvalue weighted by atomic mass is 127. The molecule has 8 nitrogen and oxygen atoms in total. The summed E-state index contributed by atoms with van der Waals surface area (Å²) >= 11 is 0. The second kappa shape index (κ2) is 12.4. The Hall–Kier alpha value is -1.26. The molecule has 0 aromatic rings. The van der Waals surface area contributed by atoms with Gasteiger partial charge in [-0.05, 0) is 67.2 Å². The van der Waals surface area contributed by atoms with Gasteiger partial charge in [0.25, 0.3) is 0 Å². The van der Waals surface area contributed by atoms with Gasteiger partial charge >= 0.3 is 6.09 Å². The Morgan fingerprint density at radius 3 is 2.14 bits per heavy atom. The van der Waals surface area contributed by atoms with Gasteiger partial charge in [-0.25, -0.2) is 9.79 Å². The van der Waals surface area contributed by atoms with Crippen LogP contribution in [0.15, 0.2) is 4.99 Å². The second-order valence-corrected chi connectivity index (χ2v) is 9.29. The van der Waals surface area contributed by atoms with Crippen molar-refractivity contribution in [1.29, 1.82) is 0 Å². The molecule has 3 N–H and O–H groups in total. The third-order valence-electron chi connectivity index (χ3n) is 4.06. The lowest BCUT2D eigenvalue weighted by Gasteiger charge is -2.33. The van der Waals surface area contributed by atoms with E-state index in [0.29, 0.717) is 25.0 Å². The van der Waals surface area contributed by atoms with Crippen LogP contribution in [0.2, 0.25) is 0 Å². The van der Waals surface area contributed by atoms with E-state index >= 15 is 0 Å². The topological polar surface area (TPSA) is 95.1 Å². The Morgan fingerprint density at radius 1 is 1.07 bits per heavy atom. The van der Waals surface area contributed by atoms with E-state index in [9.17, 15) is 9.59 Å². The van der Waals surface area contributed by atoms with Crippen LogP contribution in [0.4, 0.5) is 4.79 Å². The molecular weight excluding hydrogens is 485 g/mol. The molecule has 0 aliphatic carbocycles. The Bertz CT molecular complexity index is 547. The smallest absolute Gasteiger partial charge is 0.410 e. The number of amides is 2. The number of rotatable bonds is 5. The summed E-state index contributed by atoms with van der Waals surface area (Å²) in [5.41, 5.74) is -0.730. The highest BCUT2D eigenvalue weighted by Gasteiger charge is 2.26. The molecule has 0 bridgehead atoms. The maximum atomic E-state index is 12.1. The summed E-state index contributed by atoms with van der Waals surface area (Å²) in [7, 11) is 0. The molecule has 1 aliphatic rings. The van der Waals surface area contributed by atoms with Gasteiger partial charge in [-0.2, -0.15) is 0 Å². The first-order chi connectivity index (χ1) is 12.9. The van der Waals surface area contributed by atoms with Crippen molar-refractivity contribution in [3.8, 4) is 0 Å². The number of nitrogens with zero attached hydrogens (tertiary/aromatic N) is 2. The average molecular weight is 525 g/mol. The van der Waals surface area contributed by atoms with Crippen LogP contribution >= 0.6 is 24.0 Å². The quantitative estimate of drug-likeness (QED) is 0.292. The third-order valence-corrected chi connectivity index (χ3v) is 4.06. The van der Waals surface area contributed by atoms with Gasteiger partial charge in [0.1, 0.15) is 12.1 Å². The molecule has 1 aliphatic heterocycles. The van der Waals surface area contributed by atoms with Gasteiger partial charge in [-0.1, -0.05) is 0 Å². The van der Waals surface area contributed by atoms with Crippen LogP contribution in [0.5, 0.6) is 0 Å². The van der Waals surface area contributed by atoms with E-state index in [1.165, 1.54) is 0 Å². The first-order valence-electron chi connectivity index (χ1n) is 10.2. The number of likely N-dealkylation sites (tertiary alicyclic amines) is 1. The Kier molecular flexibility index (Phi) is 11.9. The highest BCUT2D eigenvalue weighted by molar-refractivity contribution is 14.0. The molecule has 1 heterocycles. The van der Waals surface area contributed by atoms with Crippen LogP contribution in [-0.2, 0) is 9.53 Å². The Morgan fingerprint density at radius 2 is 1.66 bits per heavy atom. The van der Waals surface area contributed by atoms with E-state index in [0.717, 1.165) is 25.9 Å². The molecule has 0 aromatic heterocycles. The Labute approximate surface area is 193 Å². The lowest BCUT2D eigenvalue weighted by Crippen LogP contribution is -2.46. The predicted octanol–water partition coefficient (Wildman–Crippen LogP) is 2.72. The Balaban J connectivity index is 0.00000784. The normalized spacial score (nSPS) is 16.0. The number of guanidine groups is 1. The van der Waals surface area contributed by atoms with E-state index in [1.807, 2.05) is 48.5 Å². The maximum Gasteiger partial charge on any atom is 0.410 e. The van der Waals surface area contributed by atoms with Crippen LogP contribution in [-0.4, -0.2) is 66.7 Å². The number of ether oxygens (including phenoxy) is 1. The summed E-state index contributed by atoms with van der Waals surface area (Å²) in [6.45, 7) is 16.4. The van der Waals surface area contributed by atoms with E-state index in [-0.39, 0.29) is 48.1 Å². The van der Waals surface area contributed by atoms with Crippen LogP contribution in [0.25, 0.3) is 0 Å². The van der Waals surface area contributed by atoms with Crippen molar-refractivity contribution in [3.05, 3.63) is 0 Å². The molecule has 0 saturated carbocycles. The molecule has 0 unspecified atom stereocenters. The molecular formula is C20H40IN5O3. The molecule has 29 heavy (non-hydrogen) atoms. The second-order valence-electron chi connectivity index (χ2n) is 9.29. The molecule has 0 radical (unpaired) electrons. The largest absolute Gasteiger partial charge is 0.444 e. The number of nitrogens with one attached hydrogen (secondary N) is 3. The third kappa shape index (κ3) is 12.8. The van der Waals surface area contributed by atoms with Crippen LogP contribution in [0.1, 0.15) is 61.3 Å². The number of halogens is 1. The molecule has 2 amide bonds. The summed E-state index contributed by atoms with van der Waals surface area (Å²) in [5, 5.41) is 9.39. The molecule has 0 aromatic carbocycles. The van der Waals surface area contributed by atoms with Crippen molar-refractivity contribution in [3.63, 3.8) is 0 Å².